The second-order valence-electron chi connectivity index (χ2n) is 6.49. The third-order valence-corrected chi connectivity index (χ3v) is 4.59. The number of hydrogen-bond donors (Lipinski definition) is 1. The number of hydrogen-bond acceptors (Lipinski definition) is 5. The average molecular weight is 443 g/mol. The first-order chi connectivity index (χ1) is 14.8. The van der Waals surface area contributed by atoms with E-state index < -0.39 is 28.7 Å². The molecular weight excluding hydrogens is 427 g/mol. The predicted molar refractivity (Wildman–Crippen MR) is 112 cm³/mol. The van der Waals surface area contributed by atoms with Crippen molar-refractivity contribution in [1.29, 1.82) is 0 Å². The van der Waals surface area contributed by atoms with Crippen LogP contribution in [-0.4, -0.2) is 16.8 Å². The number of nitrogens with zero attached hydrogens (tertiary/aromatic N) is 1. The normalized spacial score (nSPS) is 11.4. The second-order valence-corrected chi connectivity index (χ2v) is 6.90. The molecule has 3 aromatic rings. The molecule has 1 atom stereocenters. The van der Waals surface area contributed by atoms with Crippen LogP contribution in [-0.2, 0) is 20.7 Å². The molecule has 0 aliphatic rings. The second kappa shape index (κ2) is 9.82. The molecule has 158 valence electrons. The largest absolute Gasteiger partial charge is 0.447 e. The summed E-state index contributed by atoms with van der Waals surface area (Å²) in [5, 5.41) is 13.3. The van der Waals surface area contributed by atoms with Crippen LogP contribution in [0.25, 0.3) is 0 Å². The van der Waals surface area contributed by atoms with Gasteiger partial charge in [-0.3, -0.25) is 19.7 Å². The monoisotopic (exact) mass is 442 g/mol. The molecule has 0 radical (unpaired) electrons. The molecule has 0 aliphatic carbocycles. The van der Waals surface area contributed by atoms with Crippen molar-refractivity contribution in [3.8, 4) is 0 Å². The van der Waals surface area contributed by atoms with Crippen LogP contribution in [0.5, 0.6) is 0 Å². The molecule has 7 nitrogen and oxygen atoms in total. The number of anilines is 1. The molecule has 0 aliphatic heterocycles. The van der Waals surface area contributed by atoms with Crippen molar-refractivity contribution in [2.75, 3.05) is 5.32 Å². The maximum absolute atomic E-state index is 13.1. The van der Waals surface area contributed by atoms with Crippen LogP contribution in [0.2, 0.25) is 5.02 Å². The van der Waals surface area contributed by atoms with Gasteiger partial charge in [-0.2, -0.15) is 0 Å². The van der Waals surface area contributed by atoms with E-state index in [4.69, 9.17) is 16.3 Å². The predicted octanol–water partition coefficient (Wildman–Crippen LogP) is 4.85. The number of carbonyl (C=O) groups excluding carboxylic acids is 2. The highest BCUT2D eigenvalue weighted by molar-refractivity contribution is 6.34. The van der Waals surface area contributed by atoms with Crippen LogP contribution in [0.15, 0.2) is 72.8 Å². The first kappa shape index (κ1) is 21.9. The van der Waals surface area contributed by atoms with E-state index in [1.165, 1.54) is 36.4 Å². The van der Waals surface area contributed by atoms with Gasteiger partial charge in [-0.05, 0) is 23.8 Å². The summed E-state index contributed by atoms with van der Waals surface area (Å²) in [6, 6.07) is 17.3. The average Bonchev–Trinajstić information content (AvgIpc) is 2.75. The molecule has 0 spiro atoms. The third kappa shape index (κ3) is 5.86. The molecular formula is C22H16ClFN2O5. The summed E-state index contributed by atoms with van der Waals surface area (Å²) in [4.78, 5) is 35.6. The van der Waals surface area contributed by atoms with E-state index in [9.17, 15) is 24.1 Å². The molecule has 0 bridgehead atoms. The Labute approximate surface area is 181 Å². The quantitative estimate of drug-likeness (QED) is 0.320. The Bertz CT molecular complexity index is 1110. The maximum atomic E-state index is 13.1. The van der Waals surface area contributed by atoms with Gasteiger partial charge in [0.1, 0.15) is 5.82 Å². The van der Waals surface area contributed by atoms with Gasteiger partial charge < -0.3 is 10.1 Å². The van der Waals surface area contributed by atoms with Crippen molar-refractivity contribution in [2.24, 2.45) is 0 Å². The molecule has 31 heavy (non-hydrogen) atoms. The Morgan fingerprint density at radius 3 is 2.35 bits per heavy atom. The van der Waals surface area contributed by atoms with Gasteiger partial charge in [0.05, 0.1) is 22.1 Å². The number of nitro benzene ring substituents is 1. The number of carbonyl (C=O) groups is 2. The van der Waals surface area contributed by atoms with Crippen LogP contribution < -0.4 is 5.32 Å². The molecule has 1 unspecified atom stereocenters. The molecule has 0 heterocycles. The molecule has 3 aromatic carbocycles. The van der Waals surface area contributed by atoms with Crippen molar-refractivity contribution in [3.05, 3.63) is 105 Å². The fourth-order valence-electron chi connectivity index (χ4n) is 2.76. The molecule has 1 N–H and O–H groups in total. The Morgan fingerprint density at radius 1 is 1.06 bits per heavy atom. The topological polar surface area (TPSA) is 98.5 Å². The highest BCUT2D eigenvalue weighted by Gasteiger charge is 2.26. The van der Waals surface area contributed by atoms with E-state index in [0.717, 1.165) is 6.07 Å². The summed E-state index contributed by atoms with van der Waals surface area (Å²) < 4.78 is 18.5. The fourth-order valence-corrected chi connectivity index (χ4v) is 2.98. The first-order valence-electron chi connectivity index (χ1n) is 9.07. The minimum atomic E-state index is -1.29. The van der Waals surface area contributed by atoms with Gasteiger partial charge in [-0.1, -0.05) is 54.1 Å². The molecule has 0 aromatic heterocycles. The molecule has 3 rings (SSSR count). The fraction of sp³-hybridized carbons (Fsp3) is 0.0909. The van der Waals surface area contributed by atoms with Gasteiger partial charge in [0, 0.05) is 17.7 Å². The van der Waals surface area contributed by atoms with Gasteiger partial charge in [-0.15, -0.1) is 0 Å². The van der Waals surface area contributed by atoms with Gasteiger partial charge >= 0.3 is 5.97 Å². The van der Waals surface area contributed by atoms with E-state index in [0.29, 0.717) is 11.1 Å². The summed E-state index contributed by atoms with van der Waals surface area (Å²) in [6.07, 6.45) is -1.45. The van der Waals surface area contributed by atoms with Gasteiger partial charge in [0.2, 0.25) is 6.10 Å². The molecule has 1 amide bonds. The Kier molecular flexibility index (Phi) is 6.94. The number of benzene rings is 3. The molecule has 0 saturated carbocycles. The van der Waals surface area contributed by atoms with Gasteiger partial charge in [0.15, 0.2) is 0 Å². The Balaban J connectivity index is 1.78. The number of esters is 1. The van der Waals surface area contributed by atoms with Gasteiger partial charge in [0.25, 0.3) is 11.6 Å². The smallest absolute Gasteiger partial charge is 0.311 e. The number of halogens is 2. The highest BCUT2D eigenvalue weighted by atomic mass is 35.5. The number of amides is 1. The van der Waals surface area contributed by atoms with E-state index in [1.807, 2.05) is 0 Å². The lowest BCUT2D eigenvalue weighted by molar-refractivity contribution is -0.384. The number of ether oxygens (including phenoxy) is 1. The highest BCUT2D eigenvalue weighted by Crippen LogP contribution is 2.28. The Morgan fingerprint density at radius 2 is 1.74 bits per heavy atom. The van der Waals surface area contributed by atoms with Crippen LogP contribution in [0.3, 0.4) is 0 Å². The SMILES string of the molecule is O=C(Cc1ccc(F)cc1)OC(C(=O)Nc1ccc([N+](=O)[O-])cc1Cl)c1ccccc1. The lowest BCUT2D eigenvalue weighted by Crippen LogP contribution is -2.26. The van der Waals surface area contributed by atoms with Crippen LogP contribution >= 0.6 is 11.6 Å². The summed E-state index contributed by atoms with van der Waals surface area (Å²) in [7, 11) is 0. The van der Waals surface area contributed by atoms with Crippen molar-refractivity contribution in [1.82, 2.24) is 0 Å². The molecule has 9 heteroatoms. The first-order valence-corrected chi connectivity index (χ1v) is 9.45. The van der Waals surface area contributed by atoms with Gasteiger partial charge in [-0.25, -0.2) is 4.39 Å². The van der Waals surface area contributed by atoms with E-state index in [-0.39, 0.29) is 22.8 Å². The van der Waals surface area contributed by atoms with Crippen LogP contribution in [0.1, 0.15) is 17.2 Å². The lowest BCUT2D eigenvalue weighted by Gasteiger charge is -2.18. The summed E-state index contributed by atoms with van der Waals surface area (Å²) in [6.45, 7) is 0. The minimum absolute atomic E-state index is 0.0352. The third-order valence-electron chi connectivity index (χ3n) is 4.27. The van der Waals surface area contributed by atoms with Crippen LogP contribution in [0, 0.1) is 15.9 Å². The van der Waals surface area contributed by atoms with E-state index in [1.54, 1.807) is 30.3 Å². The zero-order valence-corrected chi connectivity index (χ0v) is 16.7. The number of rotatable bonds is 7. The van der Waals surface area contributed by atoms with Crippen molar-refractivity contribution >= 4 is 34.9 Å². The molecule has 0 fully saturated rings. The maximum Gasteiger partial charge on any atom is 0.311 e. The van der Waals surface area contributed by atoms with Crippen LogP contribution in [0.4, 0.5) is 15.8 Å². The molecule has 0 saturated heterocycles. The Hall–Kier alpha value is -3.78. The summed E-state index contributed by atoms with van der Waals surface area (Å²) in [5.41, 5.74) is 0.851. The van der Waals surface area contributed by atoms with E-state index >= 15 is 0 Å². The standard InChI is InChI=1S/C22H16ClFN2O5/c23-18-13-17(26(29)30)10-11-19(18)25-22(28)21(15-4-2-1-3-5-15)31-20(27)12-14-6-8-16(24)9-7-14/h1-11,13,21H,12H2,(H,25,28). The number of non-ortho nitro benzene ring substituents is 1. The number of nitro groups is 1. The van der Waals surface area contributed by atoms with Crippen molar-refractivity contribution < 1.29 is 23.6 Å². The summed E-state index contributed by atoms with van der Waals surface area (Å²) >= 11 is 6.04. The van der Waals surface area contributed by atoms with Crippen molar-refractivity contribution in [3.63, 3.8) is 0 Å². The minimum Gasteiger partial charge on any atom is -0.447 e. The summed E-state index contributed by atoms with van der Waals surface area (Å²) in [5.74, 6) is -1.81. The zero-order valence-electron chi connectivity index (χ0n) is 16.0. The lowest BCUT2D eigenvalue weighted by atomic mass is 10.1. The van der Waals surface area contributed by atoms with E-state index in [2.05, 4.69) is 5.32 Å². The zero-order chi connectivity index (χ0) is 22.4. The number of nitrogens with one attached hydrogen (secondary N) is 1. The van der Waals surface area contributed by atoms with Crippen molar-refractivity contribution in [2.45, 2.75) is 12.5 Å².